The van der Waals surface area contributed by atoms with Crippen molar-refractivity contribution in [1.82, 2.24) is 0 Å². The first-order valence-corrected chi connectivity index (χ1v) is 6.53. The zero-order valence-corrected chi connectivity index (χ0v) is 12.0. The Morgan fingerprint density at radius 1 is 1.09 bits per heavy atom. The second-order valence-corrected chi connectivity index (χ2v) is 4.34. The number of carbonyl (C=O) groups excluding carboxylic acids is 1. The molecule has 0 amide bonds. The van der Waals surface area contributed by atoms with E-state index < -0.39 is 5.97 Å². The molecule has 1 N–H and O–H groups in total. The molecule has 0 saturated heterocycles. The Bertz CT molecular complexity index is 690. The van der Waals surface area contributed by atoms with E-state index in [9.17, 15) is 4.79 Å². The maximum Gasteiger partial charge on any atom is 0.336 e. The molecule has 2 aromatic rings. The lowest BCUT2D eigenvalue weighted by molar-refractivity contribution is -0.128. The van der Waals surface area contributed by atoms with Crippen molar-refractivity contribution in [3.8, 4) is 11.5 Å². The summed E-state index contributed by atoms with van der Waals surface area (Å²) in [4.78, 5) is 11.7. The number of benzene rings is 2. The number of nitrogens with zero attached hydrogens (tertiary/aromatic N) is 1. The van der Waals surface area contributed by atoms with E-state index in [0.29, 0.717) is 11.3 Å². The average molecular weight is 297 g/mol. The number of methoxy groups -OCH3 is 1. The van der Waals surface area contributed by atoms with Crippen LogP contribution in [-0.2, 0) is 4.79 Å². The molecule has 112 valence electrons. The van der Waals surface area contributed by atoms with Crippen LogP contribution in [0.4, 0.5) is 0 Å². The summed E-state index contributed by atoms with van der Waals surface area (Å²) in [7, 11) is 1.59. The third-order valence-corrected chi connectivity index (χ3v) is 2.81. The smallest absolute Gasteiger partial charge is 0.336 e. The first-order chi connectivity index (χ1) is 10.7. The van der Waals surface area contributed by atoms with Crippen LogP contribution in [0.2, 0.25) is 0 Å². The van der Waals surface area contributed by atoms with Crippen LogP contribution in [0.3, 0.4) is 0 Å². The molecule has 5 nitrogen and oxygen atoms in total. The summed E-state index contributed by atoms with van der Waals surface area (Å²) in [6, 6.07) is 13.9. The van der Waals surface area contributed by atoms with Gasteiger partial charge in [-0.3, -0.25) is 0 Å². The SMILES string of the molecule is COc1cccc(/C=C/C(=O)Oc2ccc(/C=N/O)cc2)c1. The van der Waals surface area contributed by atoms with Crippen LogP contribution in [0.15, 0.2) is 59.8 Å². The largest absolute Gasteiger partial charge is 0.497 e. The van der Waals surface area contributed by atoms with Gasteiger partial charge in [0.1, 0.15) is 11.5 Å². The van der Waals surface area contributed by atoms with Gasteiger partial charge in [0.25, 0.3) is 0 Å². The van der Waals surface area contributed by atoms with E-state index in [1.54, 1.807) is 37.5 Å². The topological polar surface area (TPSA) is 68.1 Å². The lowest BCUT2D eigenvalue weighted by Gasteiger charge is -2.02. The average Bonchev–Trinajstić information content (AvgIpc) is 2.55. The van der Waals surface area contributed by atoms with E-state index in [0.717, 1.165) is 11.3 Å². The van der Waals surface area contributed by atoms with E-state index in [1.807, 2.05) is 24.3 Å². The lowest BCUT2D eigenvalue weighted by atomic mass is 10.2. The van der Waals surface area contributed by atoms with Crippen molar-refractivity contribution in [3.63, 3.8) is 0 Å². The predicted octanol–water partition coefficient (Wildman–Crippen LogP) is 3.12. The quantitative estimate of drug-likeness (QED) is 0.230. The van der Waals surface area contributed by atoms with Gasteiger partial charge >= 0.3 is 5.97 Å². The Balaban J connectivity index is 1.98. The van der Waals surface area contributed by atoms with Crippen LogP contribution in [0, 0.1) is 0 Å². The van der Waals surface area contributed by atoms with E-state index in [1.165, 1.54) is 12.3 Å². The lowest BCUT2D eigenvalue weighted by Crippen LogP contribution is -2.03. The summed E-state index contributed by atoms with van der Waals surface area (Å²) in [6.45, 7) is 0. The fourth-order valence-corrected chi connectivity index (χ4v) is 1.75. The summed E-state index contributed by atoms with van der Waals surface area (Å²) >= 11 is 0. The molecule has 0 saturated carbocycles. The van der Waals surface area contributed by atoms with Crippen molar-refractivity contribution in [3.05, 3.63) is 65.7 Å². The number of hydrogen-bond acceptors (Lipinski definition) is 5. The van der Waals surface area contributed by atoms with E-state index in [4.69, 9.17) is 14.7 Å². The molecular weight excluding hydrogens is 282 g/mol. The van der Waals surface area contributed by atoms with Crippen LogP contribution in [0.5, 0.6) is 11.5 Å². The molecule has 0 bridgehead atoms. The molecule has 0 heterocycles. The summed E-state index contributed by atoms with van der Waals surface area (Å²) in [5.74, 6) is 0.651. The summed E-state index contributed by atoms with van der Waals surface area (Å²) in [5, 5.41) is 11.3. The summed E-state index contributed by atoms with van der Waals surface area (Å²) in [5.41, 5.74) is 1.54. The zero-order chi connectivity index (χ0) is 15.8. The number of carbonyl (C=O) groups is 1. The standard InChI is InChI=1S/C17H15NO4/c1-21-16-4-2-3-13(11-16)7-10-17(19)22-15-8-5-14(6-9-15)12-18-20/h2-12,20H,1H3/b10-7+,18-12+. The van der Waals surface area contributed by atoms with Crippen LogP contribution in [0.25, 0.3) is 6.08 Å². The predicted molar refractivity (Wildman–Crippen MR) is 83.5 cm³/mol. The van der Waals surface area contributed by atoms with Crippen LogP contribution < -0.4 is 9.47 Å². The Morgan fingerprint density at radius 3 is 2.55 bits per heavy atom. The van der Waals surface area contributed by atoms with Gasteiger partial charge in [-0.2, -0.15) is 0 Å². The van der Waals surface area contributed by atoms with Crippen LogP contribution in [0.1, 0.15) is 11.1 Å². The number of ether oxygens (including phenoxy) is 2. The monoisotopic (exact) mass is 297 g/mol. The van der Waals surface area contributed by atoms with Crippen molar-refractivity contribution in [2.45, 2.75) is 0 Å². The van der Waals surface area contributed by atoms with E-state index in [-0.39, 0.29) is 0 Å². The van der Waals surface area contributed by atoms with Gasteiger partial charge in [-0.05, 0) is 53.6 Å². The molecule has 0 fully saturated rings. The van der Waals surface area contributed by atoms with Crippen molar-refractivity contribution in [2.24, 2.45) is 5.16 Å². The minimum absolute atomic E-state index is 0.412. The van der Waals surface area contributed by atoms with Gasteiger partial charge in [-0.1, -0.05) is 17.3 Å². The number of hydrogen-bond donors (Lipinski definition) is 1. The summed E-state index contributed by atoms with van der Waals surface area (Å²) < 4.78 is 10.3. The Hall–Kier alpha value is -3.08. The minimum atomic E-state index is -0.480. The van der Waals surface area contributed by atoms with Gasteiger partial charge in [-0.25, -0.2) is 4.79 Å². The first-order valence-electron chi connectivity index (χ1n) is 6.53. The fraction of sp³-hybridized carbons (Fsp3) is 0.0588. The van der Waals surface area contributed by atoms with Gasteiger partial charge < -0.3 is 14.7 Å². The van der Waals surface area contributed by atoms with Crippen molar-refractivity contribution >= 4 is 18.3 Å². The molecule has 0 aliphatic rings. The second kappa shape index (κ2) is 7.64. The van der Waals surface area contributed by atoms with Gasteiger partial charge in [0.05, 0.1) is 13.3 Å². The molecule has 0 aliphatic carbocycles. The normalized spacial score (nSPS) is 11.0. The van der Waals surface area contributed by atoms with Crippen LogP contribution >= 0.6 is 0 Å². The number of rotatable bonds is 5. The molecule has 0 unspecified atom stereocenters. The highest BCUT2D eigenvalue weighted by atomic mass is 16.5. The molecular formula is C17H15NO4. The van der Waals surface area contributed by atoms with Crippen molar-refractivity contribution in [1.29, 1.82) is 0 Å². The van der Waals surface area contributed by atoms with Gasteiger partial charge in [0, 0.05) is 6.08 Å². The van der Waals surface area contributed by atoms with E-state index >= 15 is 0 Å². The van der Waals surface area contributed by atoms with Gasteiger partial charge in [-0.15, -0.1) is 0 Å². The highest BCUT2D eigenvalue weighted by Gasteiger charge is 2.01. The molecule has 5 heteroatoms. The highest BCUT2D eigenvalue weighted by molar-refractivity contribution is 5.89. The van der Waals surface area contributed by atoms with Gasteiger partial charge in [0.2, 0.25) is 0 Å². The molecule has 0 aliphatic heterocycles. The number of oxime groups is 1. The third kappa shape index (κ3) is 4.49. The molecule has 2 aromatic carbocycles. The first kappa shape index (κ1) is 15.3. The third-order valence-electron chi connectivity index (χ3n) is 2.81. The summed E-state index contributed by atoms with van der Waals surface area (Å²) in [6.07, 6.45) is 4.28. The maximum absolute atomic E-state index is 11.7. The zero-order valence-electron chi connectivity index (χ0n) is 12.0. The van der Waals surface area contributed by atoms with Crippen molar-refractivity contribution in [2.75, 3.05) is 7.11 Å². The Morgan fingerprint density at radius 2 is 1.86 bits per heavy atom. The molecule has 0 atom stereocenters. The second-order valence-electron chi connectivity index (χ2n) is 4.34. The maximum atomic E-state index is 11.7. The van der Waals surface area contributed by atoms with Crippen LogP contribution in [-0.4, -0.2) is 24.5 Å². The van der Waals surface area contributed by atoms with E-state index in [2.05, 4.69) is 5.16 Å². The van der Waals surface area contributed by atoms with Gasteiger partial charge in [0.15, 0.2) is 0 Å². The minimum Gasteiger partial charge on any atom is -0.497 e. The Kier molecular flexibility index (Phi) is 5.31. The fourth-order valence-electron chi connectivity index (χ4n) is 1.75. The molecule has 0 aromatic heterocycles. The molecule has 2 rings (SSSR count). The highest BCUT2D eigenvalue weighted by Crippen LogP contribution is 2.14. The Labute approximate surface area is 128 Å². The molecule has 0 radical (unpaired) electrons. The molecule has 22 heavy (non-hydrogen) atoms. The number of esters is 1. The molecule has 0 spiro atoms. The van der Waals surface area contributed by atoms with Crippen molar-refractivity contribution < 1.29 is 19.5 Å².